The third-order valence-electron chi connectivity index (χ3n) is 2.97. The molecule has 2 atom stereocenters. The number of hydrogen-bond acceptors (Lipinski definition) is 2. The van der Waals surface area contributed by atoms with E-state index in [4.69, 9.17) is 10.2 Å². The van der Waals surface area contributed by atoms with Crippen LogP contribution in [-0.4, -0.2) is 22.2 Å². The van der Waals surface area contributed by atoms with Gasteiger partial charge in [0.05, 0.1) is 0 Å². The van der Waals surface area contributed by atoms with E-state index in [-0.39, 0.29) is 11.8 Å². The van der Waals surface area contributed by atoms with Crippen molar-refractivity contribution in [2.75, 3.05) is 0 Å². The summed E-state index contributed by atoms with van der Waals surface area (Å²) in [6.07, 6.45) is 0.679. The Kier molecular flexibility index (Phi) is 1.86. The molecule has 0 saturated heterocycles. The van der Waals surface area contributed by atoms with Crippen molar-refractivity contribution in [3.63, 3.8) is 0 Å². The van der Waals surface area contributed by atoms with E-state index in [1.165, 1.54) is 0 Å². The zero-order chi connectivity index (χ0) is 9.52. The van der Waals surface area contributed by atoms with Gasteiger partial charge in [-0.05, 0) is 18.3 Å². The van der Waals surface area contributed by atoms with Crippen LogP contribution in [0.5, 0.6) is 0 Å². The minimum Gasteiger partial charge on any atom is -0.480 e. The first-order chi connectivity index (χ1) is 5.44. The van der Waals surface area contributed by atoms with E-state index in [0.717, 1.165) is 0 Å². The highest BCUT2D eigenvalue weighted by Crippen LogP contribution is 2.51. The lowest BCUT2D eigenvalue weighted by Crippen LogP contribution is -2.57. The van der Waals surface area contributed by atoms with Gasteiger partial charge in [0.1, 0.15) is 0 Å². The minimum absolute atomic E-state index is 0.262. The van der Waals surface area contributed by atoms with Crippen molar-refractivity contribution < 1.29 is 19.8 Å². The number of carboxylic acids is 2. The molecular formula is C8H12O4. The molecule has 1 rings (SSSR count). The van der Waals surface area contributed by atoms with Gasteiger partial charge in [-0.2, -0.15) is 0 Å². The van der Waals surface area contributed by atoms with Crippen molar-refractivity contribution in [1.82, 2.24) is 0 Å². The molecule has 1 fully saturated rings. The Labute approximate surface area is 70.2 Å². The third kappa shape index (κ3) is 0.777. The van der Waals surface area contributed by atoms with Crippen LogP contribution in [0.2, 0.25) is 0 Å². The van der Waals surface area contributed by atoms with Gasteiger partial charge in [-0.25, -0.2) is 0 Å². The third-order valence-corrected chi connectivity index (χ3v) is 2.97. The fourth-order valence-corrected chi connectivity index (χ4v) is 2.16. The standard InChI is InChI=1S/C8H12O4/c1-4-3-5(2)8(4,6(9)10)7(11)12/h4-5H,3H2,1-2H3,(H,9,10)(H,11,12)/t4-,5+. The Morgan fingerprint density at radius 1 is 1.17 bits per heavy atom. The summed E-state index contributed by atoms with van der Waals surface area (Å²) < 4.78 is 0. The second-order valence-electron chi connectivity index (χ2n) is 3.52. The molecular weight excluding hydrogens is 160 g/mol. The molecule has 0 amide bonds. The second kappa shape index (κ2) is 2.47. The van der Waals surface area contributed by atoms with Gasteiger partial charge < -0.3 is 10.2 Å². The van der Waals surface area contributed by atoms with Gasteiger partial charge >= 0.3 is 11.9 Å². The fourth-order valence-electron chi connectivity index (χ4n) is 2.16. The van der Waals surface area contributed by atoms with E-state index < -0.39 is 17.4 Å². The molecule has 0 bridgehead atoms. The predicted octanol–water partition coefficient (Wildman–Crippen LogP) is 0.818. The summed E-state index contributed by atoms with van der Waals surface area (Å²) in [6.45, 7) is 3.34. The minimum atomic E-state index is -1.53. The molecule has 2 N–H and O–H groups in total. The Morgan fingerprint density at radius 2 is 1.50 bits per heavy atom. The molecule has 0 aromatic rings. The first kappa shape index (κ1) is 9.03. The van der Waals surface area contributed by atoms with Crippen LogP contribution in [0.25, 0.3) is 0 Å². The Morgan fingerprint density at radius 3 is 1.58 bits per heavy atom. The average molecular weight is 172 g/mol. The zero-order valence-electron chi connectivity index (χ0n) is 7.07. The van der Waals surface area contributed by atoms with Crippen LogP contribution >= 0.6 is 0 Å². The summed E-state index contributed by atoms with van der Waals surface area (Å²) in [4.78, 5) is 21.6. The van der Waals surface area contributed by atoms with Gasteiger partial charge in [0.25, 0.3) is 0 Å². The second-order valence-corrected chi connectivity index (χ2v) is 3.52. The lowest BCUT2D eigenvalue weighted by molar-refractivity contribution is -0.186. The van der Waals surface area contributed by atoms with Crippen LogP contribution in [0.15, 0.2) is 0 Å². The Balaban J connectivity index is 3.02. The van der Waals surface area contributed by atoms with Crippen LogP contribution in [0.1, 0.15) is 20.3 Å². The number of hydrogen-bond donors (Lipinski definition) is 2. The van der Waals surface area contributed by atoms with Gasteiger partial charge in [-0.15, -0.1) is 0 Å². The maximum Gasteiger partial charge on any atom is 0.321 e. The molecule has 12 heavy (non-hydrogen) atoms. The molecule has 0 aromatic heterocycles. The molecule has 1 saturated carbocycles. The van der Waals surface area contributed by atoms with Crippen molar-refractivity contribution in [3.8, 4) is 0 Å². The Bertz CT molecular complexity index is 209. The summed E-state index contributed by atoms with van der Waals surface area (Å²) in [6, 6.07) is 0. The number of carbonyl (C=O) groups is 2. The zero-order valence-corrected chi connectivity index (χ0v) is 7.07. The SMILES string of the molecule is C[C@@H]1C[C@H](C)C1(C(=O)O)C(=O)O. The van der Waals surface area contributed by atoms with E-state index >= 15 is 0 Å². The van der Waals surface area contributed by atoms with Crippen molar-refractivity contribution in [2.45, 2.75) is 20.3 Å². The van der Waals surface area contributed by atoms with E-state index in [1.54, 1.807) is 13.8 Å². The lowest BCUT2D eigenvalue weighted by Gasteiger charge is -2.46. The highest BCUT2D eigenvalue weighted by Gasteiger charge is 2.62. The summed E-state index contributed by atoms with van der Waals surface area (Å²) in [5, 5.41) is 17.6. The van der Waals surface area contributed by atoms with Gasteiger partial charge in [-0.3, -0.25) is 9.59 Å². The lowest BCUT2D eigenvalue weighted by atomic mass is 9.54. The van der Waals surface area contributed by atoms with Crippen molar-refractivity contribution >= 4 is 11.9 Å². The van der Waals surface area contributed by atoms with Gasteiger partial charge in [0, 0.05) is 0 Å². The fraction of sp³-hybridized carbons (Fsp3) is 0.750. The number of aliphatic carboxylic acids is 2. The summed E-state index contributed by atoms with van der Waals surface area (Å²) in [5.74, 6) is -2.94. The molecule has 68 valence electrons. The molecule has 0 radical (unpaired) electrons. The topological polar surface area (TPSA) is 74.6 Å². The molecule has 0 unspecified atom stereocenters. The van der Waals surface area contributed by atoms with Crippen molar-refractivity contribution in [2.24, 2.45) is 17.3 Å². The van der Waals surface area contributed by atoms with Crippen LogP contribution in [0.4, 0.5) is 0 Å². The Hall–Kier alpha value is -1.06. The monoisotopic (exact) mass is 172 g/mol. The molecule has 1 aliphatic carbocycles. The van der Waals surface area contributed by atoms with Crippen molar-refractivity contribution in [3.05, 3.63) is 0 Å². The number of rotatable bonds is 2. The summed E-state index contributed by atoms with van der Waals surface area (Å²) in [5.41, 5.74) is -1.53. The highest BCUT2D eigenvalue weighted by atomic mass is 16.4. The van der Waals surface area contributed by atoms with Crippen molar-refractivity contribution in [1.29, 1.82) is 0 Å². The normalized spacial score (nSPS) is 32.2. The van der Waals surface area contributed by atoms with E-state index in [9.17, 15) is 9.59 Å². The van der Waals surface area contributed by atoms with Crippen LogP contribution in [-0.2, 0) is 9.59 Å². The average Bonchev–Trinajstić information content (AvgIpc) is 1.84. The highest BCUT2D eigenvalue weighted by molar-refractivity contribution is 6.00. The van der Waals surface area contributed by atoms with E-state index in [0.29, 0.717) is 6.42 Å². The van der Waals surface area contributed by atoms with Crippen LogP contribution in [0, 0.1) is 17.3 Å². The molecule has 0 aromatic carbocycles. The maximum absolute atomic E-state index is 10.8. The van der Waals surface area contributed by atoms with E-state index in [2.05, 4.69) is 0 Å². The van der Waals surface area contributed by atoms with E-state index in [1.807, 2.05) is 0 Å². The van der Waals surface area contributed by atoms with Gasteiger partial charge in [0.2, 0.25) is 0 Å². The predicted molar refractivity (Wildman–Crippen MR) is 40.6 cm³/mol. The quantitative estimate of drug-likeness (QED) is 0.604. The van der Waals surface area contributed by atoms with Gasteiger partial charge in [-0.1, -0.05) is 13.8 Å². The largest absolute Gasteiger partial charge is 0.480 e. The molecule has 0 spiro atoms. The molecule has 0 aliphatic heterocycles. The number of carboxylic acid groups (broad SMARTS) is 2. The molecule has 1 aliphatic rings. The first-order valence-corrected chi connectivity index (χ1v) is 3.90. The molecule has 0 heterocycles. The maximum atomic E-state index is 10.8. The van der Waals surface area contributed by atoms with Gasteiger partial charge in [0.15, 0.2) is 5.41 Å². The molecule has 4 nitrogen and oxygen atoms in total. The smallest absolute Gasteiger partial charge is 0.321 e. The van der Waals surface area contributed by atoms with Crippen LogP contribution in [0.3, 0.4) is 0 Å². The summed E-state index contributed by atoms with van der Waals surface area (Å²) in [7, 11) is 0. The molecule has 4 heteroatoms. The summed E-state index contributed by atoms with van der Waals surface area (Å²) >= 11 is 0. The van der Waals surface area contributed by atoms with Crippen LogP contribution < -0.4 is 0 Å². The first-order valence-electron chi connectivity index (χ1n) is 3.90.